The first-order valence-corrected chi connectivity index (χ1v) is 10.7. The molecule has 4 N–H and O–H groups in total. The van der Waals surface area contributed by atoms with Crippen LogP contribution >= 0.6 is 0 Å². The Kier molecular flexibility index (Phi) is 5.35. The van der Waals surface area contributed by atoms with Crippen molar-refractivity contribution in [2.24, 2.45) is 0 Å². The highest BCUT2D eigenvalue weighted by Crippen LogP contribution is 2.35. The fraction of sp³-hybridized carbons (Fsp3) is 0.0370. The largest absolute Gasteiger partial charge is 0.504 e. The van der Waals surface area contributed by atoms with Crippen LogP contribution in [0.3, 0.4) is 0 Å². The van der Waals surface area contributed by atoms with Crippen molar-refractivity contribution in [3.63, 3.8) is 0 Å². The fourth-order valence-electron chi connectivity index (χ4n) is 3.99. The third-order valence-electron chi connectivity index (χ3n) is 5.59. The predicted molar refractivity (Wildman–Crippen MR) is 131 cm³/mol. The van der Waals surface area contributed by atoms with Crippen LogP contribution in [0, 0.1) is 0 Å². The van der Waals surface area contributed by atoms with Gasteiger partial charge in [0.05, 0.1) is 29.5 Å². The molecule has 34 heavy (non-hydrogen) atoms. The standard InChI is InChI=1S/C27H21N3O4/c31-24-12-17(13-25(32)27(24)34)10-11-26(33)29-15-18-14-21-20-8-4-5-9-22(20)30(23(21)16-28-18)19-6-2-1-3-7-19/h1-14,16,31-32,34H,15H2,(H,29,33)/b11-10+. The second-order valence-electron chi connectivity index (χ2n) is 7.84. The van der Waals surface area contributed by atoms with Crippen LogP contribution in [0.4, 0.5) is 0 Å². The van der Waals surface area contributed by atoms with E-state index in [1.54, 1.807) is 0 Å². The molecule has 0 atom stereocenters. The number of aromatic hydroxyl groups is 3. The Labute approximate surface area is 194 Å². The van der Waals surface area contributed by atoms with E-state index in [0.29, 0.717) is 11.3 Å². The molecule has 7 nitrogen and oxygen atoms in total. The number of phenolic OH excluding ortho intramolecular Hbond substituents is 3. The zero-order chi connectivity index (χ0) is 23.7. The smallest absolute Gasteiger partial charge is 0.244 e. The summed E-state index contributed by atoms with van der Waals surface area (Å²) in [5, 5.41) is 33.5. The lowest BCUT2D eigenvalue weighted by Gasteiger charge is -2.07. The lowest BCUT2D eigenvalue weighted by molar-refractivity contribution is -0.116. The van der Waals surface area contributed by atoms with Gasteiger partial charge in [-0.05, 0) is 48.0 Å². The molecule has 0 bridgehead atoms. The molecule has 0 saturated heterocycles. The summed E-state index contributed by atoms with van der Waals surface area (Å²) in [4.78, 5) is 16.8. The van der Waals surface area contributed by atoms with Gasteiger partial charge in [0.1, 0.15) is 0 Å². The van der Waals surface area contributed by atoms with Gasteiger partial charge in [0.15, 0.2) is 17.2 Å². The van der Waals surface area contributed by atoms with Crippen LogP contribution < -0.4 is 5.32 Å². The van der Waals surface area contributed by atoms with Crippen LogP contribution in [-0.4, -0.2) is 30.8 Å². The Morgan fingerprint density at radius 1 is 0.882 bits per heavy atom. The van der Waals surface area contributed by atoms with E-state index in [2.05, 4.69) is 39.1 Å². The molecule has 0 aliphatic heterocycles. The molecular formula is C27H21N3O4. The summed E-state index contributed by atoms with van der Waals surface area (Å²) in [6, 6.07) is 22.7. The quantitative estimate of drug-likeness (QED) is 0.230. The number of carbonyl (C=O) groups is 1. The Bertz CT molecular complexity index is 1530. The molecule has 2 heterocycles. The summed E-state index contributed by atoms with van der Waals surface area (Å²) in [5.41, 5.74) is 4.19. The van der Waals surface area contributed by atoms with Crippen molar-refractivity contribution in [2.75, 3.05) is 0 Å². The molecule has 3 aromatic carbocycles. The van der Waals surface area contributed by atoms with Gasteiger partial charge in [-0.2, -0.15) is 0 Å². The molecule has 0 saturated carbocycles. The molecule has 7 heteroatoms. The molecule has 0 unspecified atom stereocenters. The lowest BCUT2D eigenvalue weighted by atomic mass is 10.1. The number of benzene rings is 3. The first-order chi connectivity index (χ1) is 16.5. The molecule has 5 rings (SSSR count). The number of fused-ring (bicyclic) bond motifs is 3. The second kappa shape index (κ2) is 8.63. The van der Waals surface area contributed by atoms with Crippen LogP contribution in [0.15, 0.2) is 85.1 Å². The van der Waals surface area contributed by atoms with Gasteiger partial charge in [0, 0.05) is 22.5 Å². The Morgan fingerprint density at radius 3 is 2.35 bits per heavy atom. The van der Waals surface area contributed by atoms with E-state index in [1.807, 2.05) is 42.6 Å². The first kappa shape index (κ1) is 21.1. The summed E-state index contributed by atoms with van der Waals surface area (Å²) in [6.45, 7) is 0.232. The number of pyridine rings is 1. The first-order valence-electron chi connectivity index (χ1n) is 10.7. The molecule has 5 aromatic rings. The zero-order valence-electron chi connectivity index (χ0n) is 18.0. The maximum absolute atomic E-state index is 12.3. The number of carbonyl (C=O) groups excluding carboxylic acids is 1. The second-order valence-corrected chi connectivity index (χ2v) is 7.84. The molecule has 0 fully saturated rings. The number of nitrogens with zero attached hydrogens (tertiary/aromatic N) is 2. The Hall–Kier alpha value is -4.78. The number of hydrogen-bond donors (Lipinski definition) is 4. The number of amides is 1. The predicted octanol–water partition coefficient (Wildman–Crippen LogP) is 4.63. The summed E-state index contributed by atoms with van der Waals surface area (Å²) >= 11 is 0. The van der Waals surface area contributed by atoms with Gasteiger partial charge in [-0.25, -0.2) is 0 Å². The minimum absolute atomic E-state index is 0.232. The molecule has 1 amide bonds. The minimum Gasteiger partial charge on any atom is -0.504 e. The highest BCUT2D eigenvalue weighted by Gasteiger charge is 2.13. The highest BCUT2D eigenvalue weighted by molar-refractivity contribution is 6.09. The van der Waals surface area contributed by atoms with E-state index in [1.165, 1.54) is 24.3 Å². The zero-order valence-corrected chi connectivity index (χ0v) is 18.0. The molecule has 2 aromatic heterocycles. The SMILES string of the molecule is O=C(/C=C/c1cc(O)c(O)c(O)c1)NCc1cc2c3ccccc3n(-c3ccccc3)c2cn1. The third-order valence-corrected chi connectivity index (χ3v) is 5.59. The van der Waals surface area contributed by atoms with Gasteiger partial charge in [-0.1, -0.05) is 36.4 Å². The van der Waals surface area contributed by atoms with Gasteiger partial charge in [-0.15, -0.1) is 0 Å². The number of hydrogen-bond acceptors (Lipinski definition) is 5. The monoisotopic (exact) mass is 451 g/mol. The van der Waals surface area contributed by atoms with Crippen LogP contribution in [0.1, 0.15) is 11.3 Å². The van der Waals surface area contributed by atoms with Gasteiger partial charge >= 0.3 is 0 Å². The van der Waals surface area contributed by atoms with Gasteiger partial charge in [0.2, 0.25) is 5.91 Å². The van der Waals surface area contributed by atoms with E-state index in [-0.39, 0.29) is 12.5 Å². The topological polar surface area (TPSA) is 108 Å². The average molecular weight is 451 g/mol. The number of phenols is 3. The summed E-state index contributed by atoms with van der Waals surface area (Å²) in [7, 11) is 0. The van der Waals surface area contributed by atoms with Crippen LogP contribution in [0.5, 0.6) is 17.2 Å². The van der Waals surface area contributed by atoms with Crippen molar-refractivity contribution >= 4 is 33.8 Å². The van der Waals surface area contributed by atoms with Crippen molar-refractivity contribution in [3.8, 4) is 22.9 Å². The number of aromatic nitrogens is 2. The van der Waals surface area contributed by atoms with E-state index >= 15 is 0 Å². The van der Waals surface area contributed by atoms with Crippen molar-refractivity contribution in [3.05, 3.63) is 96.3 Å². The van der Waals surface area contributed by atoms with Crippen LogP contribution in [0.2, 0.25) is 0 Å². The molecule has 0 aliphatic rings. The van der Waals surface area contributed by atoms with Crippen molar-refractivity contribution in [1.29, 1.82) is 0 Å². The summed E-state index contributed by atoms with van der Waals surface area (Å²) in [5.74, 6) is -1.89. The summed E-state index contributed by atoms with van der Waals surface area (Å²) in [6.07, 6.45) is 4.53. The maximum Gasteiger partial charge on any atom is 0.244 e. The van der Waals surface area contributed by atoms with Gasteiger partial charge in [0.25, 0.3) is 0 Å². The Morgan fingerprint density at radius 2 is 1.59 bits per heavy atom. The highest BCUT2D eigenvalue weighted by atomic mass is 16.3. The molecule has 0 spiro atoms. The number of para-hydroxylation sites is 2. The van der Waals surface area contributed by atoms with Crippen LogP contribution in [0.25, 0.3) is 33.6 Å². The molecule has 168 valence electrons. The van der Waals surface area contributed by atoms with E-state index in [0.717, 1.165) is 27.5 Å². The van der Waals surface area contributed by atoms with Crippen molar-refractivity contribution in [1.82, 2.24) is 14.9 Å². The van der Waals surface area contributed by atoms with Crippen molar-refractivity contribution < 1.29 is 20.1 Å². The van der Waals surface area contributed by atoms with E-state index in [4.69, 9.17) is 0 Å². The number of nitrogens with one attached hydrogen (secondary N) is 1. The minimum atomic E-state index is -0.600. The van der Waals surface area contributed by atoms with Gasteiger partial charge in [-0.3, -0.25) is 9.78 Å². The van der Waals surface area contributed by atoms with Crippen LogP contribution in [-0.2, 0) is 11.3 Å². The normalized spacial score (nSPS) is 11.4. The maximum atomic E-state index is 12.3. The molecule has 0 aliphatic carbocycles. The lowest BCUT2D eigenvalue weighted by Crippen LogP contribution is -2.20. The van der Waals surface area contributed by atoms with E-state index < -0.39 is 17.2 Å². The summed E-state index contributed by atoms with van der Waals surface area (Å²) < 4.78 is 2.17. The Balaban J connectivity index is 1.39. The molecular weight excluding hydrogens is 430 g/mol. The van der Waals surface area contributed by atoms with E-state index in [9.17, 15) is 20.1 Å². The van der Waals surface area contributed by atoms with Gasteiger partial charge < -0.3 is 25.2 Å². The average Bonchev–Trinajstić information content (AvgIpc) is 3.19. The fourth-order valence-corrected chi connectivity index (χ4v) is 3.99. The molecule has 0 radical (unpaired) electrons. The third kappa shape index (κ3) is 3.91. The number of rotatable bonds is 5. The van der Waals surface area contributed by atoms with Crippen molar-refractivity contribution in [2.45, 2.75) is 6.54 Å².